The van der Waals surface area contributed by atoms with E-state index >= 15 is 0 Å². The van der Waals surface area contributed by atoms with Crippen LogP contribution >= 0.6 is 0 Å². The molecule has 2 amide bonds. The van der Waals surface area contributed by atoms with Crippen LogP contribution in [-0.2, 0) is 16.0 Å². The molecular weight excluding hydrogens is 454 g/mol. The van der Waals surface area contributed by atoms with E-state index < -0.39 is 0 Å². The molecule has 0 saturated carbocycles. The second-order valence-corrected chi connectivity index (χ2v) is 8.76. The summed E-state index contributed by atoms with van der Waals surface area (Å²) in [6.45, 7) is 1.94. The Bertz CT molecular complexity index is 1110. The number of benzene rings is 3. The van der Waals surface area contributed by atoms with Crippen LogP contribution in [-0.4, -0.2) is 44.2 Å². The zero-order valence-electron chi connectivity index (χ0n) is 20.4. The van der Waals surface area contributed by atoms with Crippen LogP contribution in [0.3, 0.4) is 0 Å². The first-order valence-electron chi connectivity index (χ1n) is 12.5. The summed E-state index contributed by atoms with van der Waals surface area (Å²) in [6.07, 6.45) is 3.96. The lowest BCUT2D eigenvalue weighted by Gasteiger charge is -2.13. The number of nitrogens with one attached hydrogen (secondary N) is 3. The molecule has 3 aromatic rings. The molecule has 1 saturated heterocycles. The third-order valence-electron chi connectivity index (χ3n) is 5.99. The summed E-state index contributed by atoms with van der Waals surface area (Å²) in [4.78, 5) is 24.9. The maximum atomic E-state index is 12.5. The fourth-order valence-corrected chi connectivity index (χ4v) is 4.03. The number of ether oxygens (including phenoxy) is 2. The molecule has 1 heterocycles. The highest BCUT2D eigenvalue weighted by atomic mass is 16.5. The minimum Gasteiger partial charge on any atom is -0.491 e. The Balaban J connectivity index is 1.19. The number of carbonyl (C=O) groups excluding carboxylic acids is 2. The molecule has 1 atom stereocenters. The van der Waals surface area contributed by atoms with Gasteiger partial charge >= 0.3 is 0 Å². The Labute approximate surface area is 212 Å². The molecule has 0 radical (unpaired) electrons. The molecule has 1 unspecified atom stereocenters. The van der Waals surface area contributed by atoms with Crippen LogP contribution in [0.1, 0.15) is 35.2 Å². The molecule has 4 rings (SSSR count). The van der Waals surface area contributed by atoms with Gasteiger partial charge in [0, 0.05) is 24.4 Å². The van der Waals surface area contributed by atoms with Gasteiger partial charge in [-0.3, -0.25) is 9.59 Å². The van der Waals surface area contributed by atoms with Crippen molar-refractivity contribution in [3.05, 3.63) is 90.0 Å². The Morgan fingerprint density at radius 2 is 1.72 bits per heavy atom. The van der Waals surface area contributed by atoms with Gasteiger partial charge in [-0.25, -0.2) is 0 Å². The summed E-state index contributed by atoms with van der Waals surface area (Å²) in [5, 5.41) is 8.91. The molecule has 0 aliphatic carbocycles. The fraction of sp³-hybridized carbons (Fsp3) is 0.310. The molecule has 1 aliphatic rings. The number of aryl methyl sites for hydroxylation is 1. The highest BCUT2D eigenvalue weighted by Gasteiger charge is 2.16. The van der Waals surface area contributed by atoms with Crippen LogP contribution in [0.25, 0.3) is 0 Å². The maximum Gasteiger partial charge on any atom is 0.251 e. The van der Waals surface area contributed by atoms with E-state index in [4.69, 9.17) is 9.47 Å². The first kappa shape index (κ1) is 25.3. The molecule has 7 nitrogen and oxygen atoms in total. The summed E-state index contributed by atoms with van der Waals surface area (Å²) < 4.78 is 11.5. The quantitative estimate of drug-likeness (QED) is 0.324. The lowest BCUT2D eigenvalue weighted by atomic mass is 10.1. The minimum absolute atomic E-state index is 0.0902. The van der Waals surface area contributed by atoms with Crippen LogP contribution < -0.4 is 20.7 Å². The second-order valence-electron chi connectivity index (χ2n) is 8.76. The van der Waals surface area contributed by atoms with Crippen molar-refractivity contribution in [1.29, 1.82) is 0 Å². The number of amides is 2. The molecule has 0 bridgehead atoms. The van der Waals surface area contributed by atoms with Crippen LogP contribution in [0.15, 0.2) is 78.9 Å². The van der Waals surface area contributed by atoms with Crippen molar-refractivity contribution in [2.45, 2.75) is 31.8 Å². The lowest BCUT2D eigenvalue weighted by Crippen LogP contribution is -2.31. The SMILES string of the molecule is O=C(CNc1ccc(C(=O)NCC2CCCO2)cc1)Nc1ccccc1OCCCc1ccccc1. The van der Waals surface area contributed by atoms with E-state index in [1.807, 2.05) is 42.5 Å². The Hall–Kier alpha value is -3.84. The Morgan fingerprint density at radius 1 is 0.944 bits per heavy atom. The molecular formula is C29H33N3O4. The number of carbonyl (C=O) groups is 2. The number of anilines is 2. The zero-order chi connectivity index (χ0) is 25.0. The Morgan fingerprint density at radius 3 is 2.50 bits per heavy atom. The third kappa shape index (κ3) is 7.85. The third-order valence-corrected chi connectivity index (χ3v) is 5.99. The van der Waals surface area contributed by atoms with Crippen LogP contribution in [0.2, 0.25) is 0 Å². The molecule has 0 spiro atoms. The van der Waals surface area contributed by atoms with Crippen molar-refractivity contribution in [2.75, 3.05) is 36.9 Å². The average Bonchev–Trinajstić information content (AvgIpc) is 3.44. The first-order valence-corrected chi connectivity index (χ1v) is 12.5. The van der Waals surface area contributed by atoms with E-state index in [0.717, 1.165) is 38.0 Å². The average molecular weight is 488 g/mol. The van der Waals surface area contributed by atoms with Gasteiger partial charge in [0.15, 0.2) is 0 Å². The van der Waals surface area contributed by atoms with Crippen LogP contribution in [0.5, 0.6) is 5.75 Å². The van der Waals surface area contributed by atoms with Gasteiger partial charge in [0.25, 0.3) is 5.91 Å². The predicted octanol–water partition coefficient (Wildman–Crippen LogP) is 4.66. The summed E-state index contributed by atoms with van der Waals surface area (Å²) >= 11 is 0. The van der Waals surface area contributed by atoms with Gasteiger partial charge in [0.1, 0.15) is 5.75 Å². The number of hydrogen-bond acceptors (Lipinski definition) is 5. The Kier molecular flexibility index (Phi) is 9.33. The van der Waals surface area contributed by atoms with Crippen LogP contribution in [0, 0.1) is 0 Å². The molecule has 3 aromatic carbocycles. The maximum absolute atomic E-state index is 12.5. The normalized spacial score (nSPS) is 14.7. The number of rotatable bonds is 12. The minimum atomic E-state index is -0.186. The highest BCUT2D eigenvalue weighted by molar-refractivity contribution is 5.96. The van der Waals surface area contributed by atoms with Crippen LogP contribution in [0.4, 0.5) is 11.4 Å². The lowest BCUT2D eigenvalue weighted by molar-refractivity contribution is -0.114. The smallest absolute Gasteiger partial charge is 0.251 e. The molecule has 0 aromatic heterocycles. The van der Waals surface area contributed by atoms with Gasteiger partial charge in [-0.1, -0.05) is 42.5 Å². The van der Waals surface area contributed by atoms with E-state index in [2.05, 4.69) is 28.1 Å². The molecule has 188 valence electrons. The summed E-state index contributed by atoms with van der Waals surface area (Å²) in [5.41, 5.74) is 3.25. The largest absolute Gasteiger partial charge is 0.491 e. The van der Waals surface area contributed by atoms with Gasteiger partial charge in [-0.15, -0.1) is 0 Å². The summed E-state index contributed by atoms with van der Waals surface area (Å²) in [7, 11) is 0. The second kappa shape index (κ2) is 13.3. The molecule has 7 heteroatoms. The standard InChI is InChI=1S/C29H33N3O4/c33-28(21-30-24-16-14-23(15-17-24)29(34)31-20-25-11-7-18-35-25)32-26-12-4-5-13-27(26)36-19-6-10-22-8-2-1-3-9-22/h1-5,8-9,12-17,25,30H,6-7,10-11,18-21H2,(H,31,34)(H,32,33). The van der Waals surface area contributed by atoms with Gasteiger partial charge in [-0.05, 0) is 67.6 Å². The van der Waals surface area contributed by atoms with Gasteiger partial charge in [0.05, 0.1) is 24.9 Å². The van der Waals surface area contributed by atoms with Crippen molar-refractivity contribution in [3.8, 4) is 5.75 Å². The van der Waals surface area contributed by atoms with Gasteiger partial charge in [-0.2, -0.15) is 0 Å². The topological polar surface area (TPSA) is 88.7 Å². The van der Waals surface area contributed by atoms with Gasteiger partial charge < -0.3 is 25.4 Å². The summed E-state index contributed by atoms with van der Waals surface area (Å²) in [5.74, 6) is 0.334. The van der Waals surface area contributed by atoms with E-state index in [1.54, 1.807) is 24.3 Å². The van der Waals surface area contributed by atoms with Crippen molar-refractivity contribution in [1.82, 2.24) is 5.32 Å². The van der Waals surface area contributed by atoms with E-state index in [0.29, 0.717) is 30.2 Å². The zero-order valence-corrected chi connectivity index (χ0v) is 20.4. The molecule has 1 aliphatic heterocycles. The van der Waals surface area contributed by atoms with Crippen molar-refractivity contribution >= 4 is 23.2 Å². The molecule has 1 fully saturated rings. The predicted molar refractivity (Wildman–Crippen MR) is 142 cm³/mol. The van der Waals surface area contributed by atoms with E-state index in [1.165, 1.54) is 5.56 Å². The van der Waals surface area contributed by atoms with E-state index in [9.17, 15) is 9.59 Å². The van der Waals surface area contributed by atoms with Crippen molar-refractivity contribution in [2.24, 2.45) is 0 Å². The number of hydrogen-bond donors (Lipinski definition) is 3. The fourth-order valence-electron chi connectivity index (χ4n) is 4.03. The number of para-hydroxylation sites is 2. The molecule has 36 heavy (non-hydrogen) atoms. The monoisotopic (exact) mass is 487 g/mol. The highest BCUT2D eigenvalue weighted by Crippen LogP contribution is 2.24. The van der Waals surface area contributed by atoms with E-state index in [-0.39, 0.29) is 24.5 Å². The first-order chi connectivity index (χ1) is 17.7. The summed E-state index contributed by atoms with van der Waals surface area (Å²) in [6, 6.07) is 24.8. The van der Waals surface area contributed by atoms with Crippen molar-refractivity contribution in [3.63, 3.8) is 0 Å². The van der Waals surface area contributed by atoms with Gasteiger partial charge in [0.2, 0.25) is 5.91 Å². The van der Waals surface area contributed by atoms with Crippen molar-refractivity contribution < 1.29 is 19.1 Å². The molecule has 3 N–H and O–H groups in total.